The summed E-state index contributed by atoms with van der Waals surface area (Å²) in [6, 6.07) is 37.3. The second-order valence-electron chi connectivity index (χ2n) is 12.8. The summed E-state index contributed by atoms with van der Waals surface area (Å²) in [4.78, 5) is 0. The fourth-order valence-corrected chi connectivity index (χ4v) is 7.83. The zero-order valence-corrected chi connectivity index (χ0v) is 25.3. The lowest BCUT2D eigenvalue weighted by atomic mass is 9.76. The maximum Gasteiger partial charge on any atom is 0.495 e. The highest BCUT2D eigenvalue weighted by Crippen LogP contribution is 2.43. The molecular formula is C38H29BO3S. The third-order valence-electron chi connectivity index (χ3n) is 9.69. The maximum atomic E-state index is 6.61. The van der Waals surface area contributed by atoms with E-state index in [1.54, 1.807) is 0 Å². The molecule has 0 bridgehead atoms. The Bertz CT molecular complexity index is 2410. The average molecular weight is 577 g/mol. The highest BCUT2D eigenvalue weighted by molar-refractivity contribution is 7.25. The van der Waals surface area contributed by atoms with Gasteiger partial charge < -0.3 is 13.7 Å². The molecule has 1 fully saturated rings. The molecule has 0 aliphatic carbocycles. The van der Waals surface area contributed by atoms with Gasteiger partial charge in [0.15, 0.2) is 0 Å². The molecule has 1 aliphatic heterocycles. The third-order valence-corrected chi connectivity index (χ3v) is 10.8. The largest absolute Gasteiger partial charge is 0.495 e. The number of rotatable bonds is 2. The molecule has 0 N–H and O–H groups in total. The molecule has 8 aromatic rings. The number of benzene rings is 6. The van der Waals surface area contributed by atoms with Crippen molar-refractivity contribution in [2.24, 2.45) is 0 Å². The third kappa shape index (κ3) is 3.62. The summed E-state index contributed by atoms with van der Waals surface area (Å²) in [5.41, 5.74) is 4.27. The van der Waals surface area contributed by atoms with Crippen LogP contribution < -0.4 is 5.46 Å². The summed E-state index contributed by atoms with van der Waals surface area (Å²) in [5, 5.41) is 9.56. The van der Waals surface area contributed by atoms with Crippen molar-refractivity contribution in [3.05, 3.63) is 103 Å². The van der Waals surface area contributed by atoms with Crippen molar-refractivity contribution in [1.82, 2.24) is 0 Å². The molecule has 0 atom stereocenters. The first-order chi connectivity index (χ1) is 20.8. The van der Waals surface area contributed by atoms with Gasteiger partial charge in [-0.25, -0.2) is 0 Å². The van der Waals surface area contributed by atoms with Crippen LogP contribution in [0.15, 0.2) is 108 Å². The molecule has 9 rings (SSSR count). The normalized spacial score (nSPS) is 16.5. The zero-order valence-electron chi connectivity index (χ0n) is 24.5. The molecule has 43 heavy (non-hydrogen) atoms. The van der Waals surface area contributed by atoms with Crippen molar-refractivity contribution in [3.8, 4) is 11.1 Å². The lowest BCUT2D eigenvalue weighted by Gasteiger charge is -2.32. The summed E-state index contributed by atoms with van der Waals surface area (Å²) in [6.07, 6.45) is 0. The minimum absolute atomic E-state index is 0.429. The predicted molar refractivity (Wildman–Crippen MR) is 183 cm³/mol. The lowest BCUT2D eigenvalue weighted by molar-refractivity contribution is 0.00578. The number of thiophene rings is 1. The van der Waals surface area contributed by atoms with E-state index < -0.39 is 18.3 Å². The quantitative estimate of drug-likeness (QED) is 0.192. The van der Waals surface area contributed by atoms with Gasteiger partial charge in [0.2, 0.25) is 0 Å². The van der Waals surface area contributed by atoms with Gasteiger partial charge in [0.25, 0.3) is 0 Å². The first kappa shape index (κ1) is 25.4. The van der Waals surface area contributed by atoms with Crippen LogP contribution in [-0.2, 0) is 9.31 Å². The topological polar surface area (TPSA) is 31.6 Å². The van der Waals surface area contributed by atoms with Crippen LogP contribution >= 0.6 is 11.3 Å². The summed E-state index contributed by atoms with van der Waals surface area (Å²) in [7, 11) is -0.479. The summed E-state index contributed by atoms with van der Waals surface area (Å²) in [6.45, 7) is 8.39. The van der Waals surface area contributed by atoms with Crippen molar-refractivity contribution >= 4 is 87.6 Å². The van der Waals surface area contributed by atoms with E-state index in [2.05, 4.69) is 119 Å². The Labute approximate surface area is 253 Å². The van der Waals surface area contributed by atoms with Gasteiger partial charge >= 0.3 is 7.12 Å². The first-order valence-electron chi connectivity index (χ1n) is 14.9. The van der Waals surface area contributed by atoms with E-state index in [-0.39, 0.29) is 0 Å². The van der Waals surface area contributed by atoms with Crippen LogP contribution in [0.25, 0.3) is 74.8 Å². The molecule has 2 aromatic heterocycles. The molecule has 3 heterocycles. The van der Waals surface area contributed by atoms with E-state index in [9.17, 15) is 0 Å². The molecule has 3 nitrogen and oxygen atoms in total. The summed E-state index contributed by atoms with van der Waals surface area (Å²) >= 11 is 1.86. The highest BCUT2D eigenvalue weighted by Gasteiger charge is 2.52. The molecule has 0 radical (unpaired) electrons. The minimum Gasteiger partial charge on any atom is -0.455 e. The second kappa shape index (κ2) is 8.70. The van der Waals surface area contributed by atoms with Crippen molar-refractivity contribution in [1.29, 1.82) is 0 Å². The smallest absolute Gasteiger partial charge is 0.455 e. The molecule has 1 saturated heterocycles. The van der Waals surface area contributed by atoms with Gasteiger partial charge in [-0.15, -0.1) is 11.3 Å². The molecule has 0 unspecified atom stereocenters. The van der Waals surface area contributed by atoms with Crippen molar-refractivity contribution < 1.29 is 13.7 Å². The van der Waals surface area contributed by atoms with E-state index in [0.717, 1.165) is 32.8 Å². The van der Waals surface area contributed by atoms with Gasteiger partial charge in [-0.1, -0.05) is 66.7 Å². The van der Waals surface area contributed by atoms with Crippen molar-refractivity contribution in [3.63, 3.8) is 0 Å². The Kier molecular flexibility index (Phi) is 5.13. The fraction of sp³-hybridized carbons (Fsp3) is 0.158. The standard InChI is InChI=1S/C38H29BO3S/c1-37(2)38(3,4)42-39(41-37)31-14-9-15-32-35(31)30-21-27(25-12-7-8-13-26(25)36(30)40-32)24-16-17-33-28(19-24)29-18-22-10-5-6-11-23(22)20-34(29)43-33/h5-21H,1-4H3. The Morgan fingerprint density at radius 1 is 0.581 bits per heavy atom. The summed E-state index contributed by atoms with van der Waals surface area (Å²) < 4.78 is 22.3. The van der Waals surface area contributed by atoms with Crippen LogP contribution in [0.3, 0.4) is 0 Å². The SMILES string of the molecule is CC1(C)OB(c2cccc3oc4c5ccccc5c(-c5ccc6sc7cc8ccccc8cc7c6c5)cc4c23)OC1(C)C. The monoisotopic (exact) mass is 576 g/mol. The summed E-state index contributed by atoms with van der Waals surface area (Å²) in [5.74, 6) is 0. The van der Waals surface area contributed by atoms with Crippen LogP contribution in [0.2, 0.25) is 0 Å². The van der Waals surface area contributed by atoms with Crippen molar-refractivity contribution in [2.45, 2.75) is 38.9 Å². The van der Waals surface area contributed by atoms with Gasteiger partial charge in [-0.05, 0) is 96.8 Å². The Balaban J connectivity index is 1.31. The minimum atomic E-state index is -0.479. The molecule has 0 spiro atoms. The second-order valence-corrected chi connectivity index (χ2v) is 13.8. The van der Waals surface area contributed by atoms with Gasteiger partial charge in [-0.3, -0.25) is 0 Å². The molecule has 6 aromatic carbocycles. The molecule has 1 aliphatic rings. The van der Waals surface area contributed by atoms with Crippen LogP contribution in [0.1, 0.15) is 27.7 Å². The van der Waals surface area contributed by atoms with Gasteiger partial charge in [0.05, 0.1) is 11.2 Å². The molecular weight excluding hydrogens is 547 g/mol. The molecule has 208 valence electrons. The molecule has 5 heteroatoms. The fourth-order valence-electron chi connectivity index (χ4n) is 6.71. The van der Waals surface area contributed by atoms with Gasteiger partial charge in [0.1, 0.15) is 11.2 Å². The Morgan fingerprint density at radius 3 is 2.07 bits per heavy atom. The predicted octanol–water partition coefficient (Wildman–Crippen LogP) is 10.2. The van der Waals surface area contributed by atoms with E-state index in [0.29, 0.717) is 0 Å². The number of hydrogen-bond acceptors (Lipinski definition) is 4. The van der Waals surface area contributed by atoms with Gasteiger partial charge in [0, 0.05) is 36.3 Å². The van der Waals surface area contributed by atoms with Crippen LogP contribution in [-0.4, -0.2) is 18.3 Å². The number of hydrogen-bond donors (Lipinski definition) is 0. The Hall–Kier alpha value is -4.16. The van der Waals surface area contributed by atoms with E-state index in [4.69, 9.17) is 13.7 Å². The lowest BCUT2D eigenvalue weighted by Crippen LogP contribution is -2.41. The van der Waals surface area contributed by atoms with E-state index >= 15 is 0 Å². The molecule has 0 amide bonds. The average Bonchev–Trinajstić information content (AvgIpc) is 3.63. The van der Waals surface area contributed by atoms with E-state index in [1.165, 1.54) is 47.5 Å². The van der Waals surface area contributed by atoms with E-state index in [1.807, 2.05) is 23.5 Å². The Morgan fingerprint density at radius 2 is 1.28 bits per heavy atom. The van der Waals surface area contributed by atoms with Crippen LogP contribution in [0, 0.1) is 0 Å². The van der Waals surface area contributed by atoms with Gasteiger partial charge in [-0.2, -0.15) is 0 Å². The number of fused-ring (bicyclic) bond motifs is 9. The maximum absolute atomic E-state index is 6.61. The van der Waals surface area contributed by atoms with Crippen molar-refractivity contribution in [2.75, 3.05) is 0 Å². The van der Waals surface area contributed by atoms with Crippen LogP contribution in [0.4, 0.5) is 0 Å². The molecule has 0 saturated carbocycles. The number of furan rings is 1. The van der Waals surface area contributed by atoms with Crippen LogP contribution in [0.5, 0.6) is 0 Å². The highest BCUT2D eigenvalue weighted by atomic mass is 32.1. The zero-order chi connectivity index (χ0) is 29.1. The first-order valence-corrected chi connectivity index (χ1v) is 15.7.